The first kappa shape index (κ1) is 13.9. The highest BCUT2D eigenvalue weighted by Crippen LogP contribution is 2.31. The van der Waals surface area contributed by atoms with Crippen molar-refractivity contribution in [1.29, 1.82) is 0 Å². The molecule has 0 amide bonds. The first-order chi connectivity index (χ1) is 10.3. The Morgan fingerprint density at radius 3 is 2.67 bits per heavy atom. The highest BCUT2D eigenvalue weighted by Gasteiger charge is 2.25. The zero-order valence-electron chi connectivity index (χ0n) is 12.1. The molecule has 1 unspecified atom stereocenters. The van der Waals surface area contributed by atoms with Crippen LogP contribution in [0.4, 0.5) is 5.69 Å². The molecule has 0 saturated carbocycles. The SMILES string of the molecule is Nc1ccc(OCCN2CCCC2c2ccncc2)cc1. The van der Waals surface area contributed by atoms with Gasteiger partial charge in [-0.15, -0.1) is 0 Å². The van der Waals surface area contributed by atoms with Crippen LogP contribution in [-0.4, -0.2) is 29.6 Å². The predicted octanol–water partition coefficient (Wildman–Crippen LogP) is 2.88. The minimum absolute atomic E-state index is 0.503. The lowest BCUT2D eigenvalue weighted by molar-refractivity contribution is 0.197. The van der Waals surface area contributed by atoms with Crippen molar-refractivity contribution >= 4 is 5.69 Å². The lowest BCUT2D eigenvalue weighted by atomic mass is 10.1. The molecule has 0 radical (unpaired) electrons. The van der Waals surface area contributed by atoms with Crippen LogP contribution in [0.3, 0.4) is 0 Å². The highest BCUT2D eigenvalue weighted by atomic mass is 16.5. The Morgan fingerprint density at radius 2 is 1.90 bits per heavy atom. The Morgan fingerprint density at radius 1 is 1.14 bits per heavy atom. The van der Waals surface area contributed by atoms with Gasteiger partial charge in [0.25, 0.3) is 0 Å². The number of anilines is 1. The molecule has 0 bridgehead atoms. The molecular formula is C17H21N3O. The Bertz CT molecular complexity index is 556. The molecule has 1 aromatic heterocycles. The third-order valence-electron chi connectivity index (χ3n) is 3.98. The largest absolute Gasteiger partial charge is 0.492 e. The molecule has 1 aliphatic rings. The van der Waals surface area contributed by atoms with Crippen molar-refractivity contribution in [2.24, 2.45) is 0 Å². The predicted molar refractivity (Wildman–Crippen MR) is 84.1 cm³/mol. The number of pyridine rings is 1. The van der Waals surface area contributed by atoms with Crippen molar-refractivity contribution in [1.82, 2.24) is 9.88 Å². The van der Waals surface area contributed by atoms with E-state index in [0.29, 0.717) is 12.6 Å². The van der Waals surface area contributed by atoms with Crippen molar-refractivity contribution in [3.8, 4) is 5.75 Å². The van der Waals surface area contributed by atoms with Crippen molar-refractivity contribution in [2.75, 3.05) is 25.4 Å². The van der Waals surface area contributed by atoms with E-state index in [0.717, 1.165) is 24.5 Å². The molecule has 0 spiro atoms. The average molecular weight is 283 g/mol. The smallest absolute Gasteiger partial charge is 0.119 e. The van der Waals surface area contributed by atoms with Crippen molar-refractivity contribution < 1.29 is 4.74 Å². The summed E-state index contributed by atoms with van der Waals surface area (Å²) in [6.07, 6.45) is 6.20. The van der Waals surface area contributed by atoms with Crippen LogP contribution in [0.1, 0.15) is 24.4 Å². The first-order valence-electron chi connectivity index (χ1n) is 7.45. The van der Waals surface area contributed by atoms with Gasteiger partial charge in [-0.25, -0.2) is 0 Å². The van der Waals surface area contributed by atoms with E-state index >= 15 is 0 Å². The summed E-state index contributed by atoms with van der Waals surface area (Å²) in [4.78, 5) is 6.59. The second-order valence-corrected chi connectivity index (χ2v) is 5.39. The molecule has 1 atom stereocenters. The maximum Gasteiger partial charge on any atom is 0.119 e. The molecule has 1 aromatic carbocycles. The van der Waals surface area contributed by atoms with Crippen LogP contribution in [0.25, 0.3) is 0 Å². The molecule has 21 heavy (non-hydrogen) atoms. The fourth-order valence-electron chi connectivity index (χ4n) is 2.90. The fourth-order valence-corrected chi connectivity index (χ4v) is 2.90. The summed E-state index contributed by atoms with van der Waals surface area (Å²) in [5.74, 6) is 0.879. The van der Waals surface area contributed by atoms with Crippen LogP contribution in [-0.2, 0) is 0 Å². The molecule has 0 aliphatic carbocycles. The van der Waals surface area contributed by atoms with Gasteiger partial charge in [-0.05, 0) is 61.3 Å². The van der Waals surface area contributed by atoms with Gasteiger partial charge in [-0.2, -0.15) is 0 Å². The Balaban J connectivity index is 1.53. The van der Waals surface area contributed by atoms with Gasteiger partial charge in [-0.1, -0.05) is 0 Å². The van der Waals surface area contributed by atoms with Crippen molar-refractivity contribution in [3.05, 3.63) is 54.4 Å². The number of aromatic nitrogens is 1. The number of ether oxygens (including phenoxy) is 1. The number of hydrogen-bond donors (Lipinski definition) is 1. The summed E-state index contributed by atoms with van der Waals surface area (Å²) >= 11 is 0. The molecule has 2 N–H and O–H groups in total. The summed E-state index contributed by atoms with van der Waals surface area (Å²) in [6, 6.07) is 12.3. The van der Waals surface area contributed by atoms with Gasteiger partial charge in [0.15, 0.2) is 0 Å². The monoisotopic (exact) mass is 283 g/mol. The minimum atomic E-state index is 0.503. The standard InChI is InChI=1S/C17H21N3O/c18-15-3-5-16(6-4-15)21-13-12-20-11-1-2-17(20)14-7-9-19-10-8-14/h3-10,17H,1-2,11-13,18H2. The summed E-state index contributed by atoms with van der Waals surface area (Å²) in [6.45, 7) is 2.78. The minimum Gasteiger partial charge on any atom is -0.492 e. The molecule has 1 fully saturated rings. The summed E-state index contributed by atoms with van der Waals surface area (Å²) in [5, 5.41) is 0. The van der Waals surface area contributed by atoms with E-state index < -0.39 is 0 Å². The number of nitrogen functional groups attached to an aromatic ring is 1. The van der Waals surface area contributed by atoms with Crippen LogP contribution >= 0.6 is 0 Å². The van der Waals surface area contributed by atoms with Gasteiger partial charge in [0.1, 0.15) is 12.4 Å². The zero-order valence-corrected chi connectivity index (χ0v) is 12.1. The van der Waals surface area contributed by atoms with Gasteiger partial charge in [0.2, 0.25) is 0 Å². The zero-order chi connectivity index (χ0) is 14.5. The highest BCUT2D eigenvalue weighted by molar-refractivity contribution is 5.41. The summed E-state index contributed by atoms with van der Waals surface area (Å²) in [7, 11) is 0. The Labute approximate surface area is 125 Å². The number of nitrogens with zero attached hydrogens (tertiary/aromatic N) is 2. The van der Waals surface area contributed by atoms with Gasteiger partial charge in [0, 0.05) is 30.7 Å². The van der Waals surface area contributed by atoms with Crippen LogP contribution in [0.5, 0.6) is 5.75 Å². The van der Waals surface area contributed by atoms with E-state index in [1.807, 2.05) is 36.7 Å². The van der Waals surface area contributed by atoms with E-state index in [1.165, 1.54) is 18.4 Å². The number of nitrogens with two attached hydrogens (primary N) is 1. The fraction of sp³-hybridized carbons (Fsp3) is 0.353. The number of rotatable bonds is 5. The maximum absolute atomic E-state index is 5.80. The van der Waals surface area contributed by atoms with Crippen LogP contribution in [0.2, 0.25) is 0 Å². The normalized spacial score (nSPS) is 18.8. The number of benzene rings is 1. The lowest BCUT2D eigenvalue weighted by Gasteiger charge is -2.24. The second kappa shape index (κ2) is 6.59. The van der Waals surface area contributed by atoms with Gasteiger partial charge < -0.3 is 10.5 Å². The molecule has 2 heterocycles. The van der Waals surface area contributed by atoms with Gasteiger partial charge in [0.05, 0.1) is 0 Å². The summed E-state index contributed by atoms with van der Waals surface area (Å²) < 4.78 is 5.80. The third-order valence-corrected chi connectivity index (χ3v) is 3.98. The lowest BCUT2D eigenvalue weighted by Crippen LogP contribution is -2.28. The van der Waals surface area contributed by atoms with E-state index in [-0.39, 0.29) is 0 Å². The first-order valence-corrected chi connectivity index (χ1v) is 7.45. The average Bonchev–Trinajstić information content (AvgIpc) is 2.99. The van der Waals surface area contributed by atoms with E-state index in [4.69, 9.17) is 10.5 Å². The molecular weight excluding hydrogens is 262 g/mol. The molecule has 4 nitrogen and oxygen atoms in total. The molecule has 1 aliphatic heterocycles. The van der Waals surface area contributed by atoms with Crippen molar-refractivity contribution in [3.63, 3.8) is 0 Å². The maximum atomic E-state index is 5.80. The van der Waals surface area contributed by atoms with Crippen LogP contribution < -0.4 is 10.5 Å². The molecule has 3 rings (SSSR count). The summed E-state index contributed by atoms with van der Waals surface area (Å²) in [5.41, 5.74) is 7.79. The molecule has 2 aromatic rings. The van der Waals surface area contributed by atoms with Gasteiger partial charge >= 0.3 is 0 Å². The Kier molecular flexibility index (Phi) is 4.36. The van der Waals surface area contributed by atoms with E-state index in [1.54, 1.807) is 0 Å². The van der Waals surface area contributed by atoms with Crippen molar-refractivity contribution in [2.45, 2.75) is 18.9 Å². The van der Waals surface area contributed by atoms with Crippen LogP contribution in [0.15, 0.2) is 48.8 Å². The molecule has 1 saturated heterocycles. The van der Waals surface area contributed by atoms with Crippen LogP contribution in [0, 0.1) is 0 Å². The van der Waals surface area contributed by atoms with E-state index in [9.17, 15) is 0 Å². The molecule has 4 heteroatoms. The molecule has 110 valence electrons. The second-order valence-electron chi connectivity index (χ2n) is 5.39. The Hall–Kier alpha value is -2.07. The number of likely N-dealkylation sites (tertiary alicyclic amines) is 1. The number of hydrogen-bond acceptors (Lipinski definition) is 4. The topological polar surface area (TPSA) is 51.4 Å². The van der Waals surface area contributed by atoms with E-state index in [2.05, 4.69) is 22.0 Å². The van der Waals surface area contributed by atoms with Gasteiger partial charge in [-0.3, -0.25) is 9.88 Å². The third kappa shape index (κ3) is 3.52. The quantitative estimate of drug-likeness (QED) is 0.857.